The lowest BCUT2D eigenvalue weighted by Gasteiger charge is -2.20. The average Bonchev–Trinajstić information content (AvgIpc) is 2.38. The van der Waals surface area contributed by atoms with Crippen molar-refractivity contribution in [3.63, 3.8) is 0 Å². The molecule has 0 spiro atoms. The third-order valence-corrected chi connectivity index (χ3v) is 2.54. The number of rotatable bonds is 2. The van der Waals surface area contributed by atoms with Crippen LogP contribution in [0.1, 0.15) is 5.56 Å². The molecule has 2 rings (SSSR count). The van der Waals surface area contributed by atoms with Gasteiger partial charge in [-0.05, 0) is 18.2 Å². The van der Waals surface area contributed by atoms with E-state index >= 15 is 0 Å². The van der Waals surface area contributed by atoms with Crippen LogP contribution >= 0.6 is 0 Å². The fourth-order valence-corrected chi connectivity index (χ4v) is 1.64. The van der Waals surface area contributed by atoms with Crippen LogP contribution in [0.5, 0.6) is 0 Å². The molecule has 1 aromatic heterocycles. The normalized spacial score (nSPS) is 9.65. The van der Waals surface area contributed by atoms with Crippen LogP contribution in [0.15, 0.2) is 42.6 Å². The van der Waals surface area contributed by atoms with Gasteiger partial charge < -0.3 is 10.6 Å². The first-order valence-corrected chi connectivity index (χ1v) is 5.17. The van der Waals surface area contributed by atoms with Crippen molar-refractivity contribution in [1.29, 1.82) is 5.26 Å². The summed E-state index contributed by atoms with van der Waals surface area (Å²) in [5.41, 5.74) is 8.02. The van der Waals surface area contributed by atoms with Gasteiger partial charge in [-0.2, -0.15) is 5.26 Å². The maximum atomic E-state index is 9.06. The number of hydrogen-bond acceptors (Lipinski definition) is 4. The van der Waals surface area contributed by atoms with Crippen LogP contribution in [0.4, 0.5) is 17.2 Å². The third kappa shape index (κ3) is 2.18. The Kier molecular flexibility index (Phi) is 2.93. The molecule has 84 valence electrons. The SMILES string of the molecule is CN(c1ccnc(N)c1)c1ccccc1C#N. The topological polar surface area (TPSA) is 65.9 Å². The molecule has 1 aromatic carbocycles. The van der Waals surface area contributed by atoms with Crippen molar-refractivity contribution in [3.05, 3.63) is 48.2 Å². The molecule has 0 fully saturated rings. The van der Waals surface area contributed by atoms with Crippen molar-refractivity contribution in [3.8, 4) is 6.07 Å². The zero-order valence-electron chi connectivity index (χ0n) is 9.46. The molecular formula is C13H12N4. The highest BCUT2D eigenvalue weighted by molar-refractivity contribution is 5.69. The highest BCUT2D eigenvalue weighted by Gasteiger charge is 2.08. The summed E-state index contributed by atoms with van der Waals surface area (Å²) >= 11 is 0. The molecule has 1 heterocycles. The number of nitriles is 1. The molecule has 2 N–H and O–H groups in total. The van der Waals surface area contributed by atoms with E-state index in [0.717, 1.165) is 11.4 Å². The van der Waals surface area contributed by atoms with Crippen molar-refractivity contribution in [2.45, 2.75) is 0 Å². The average molecular weight is 224 g/mol. The molecule has 0 saturated heterocycles. The van der Waals surface area contributed by atoms with Gasteiger partial charge in [-0.15, -0.1) is 0 Å². The standard InChI is InChI=1S/C13H12N4/c1-17(11-6-7-16-13(15)8-11)12-5-3-2-4-10(12)9-14/h2-8H,1H3,(H2,15,16). The summed E-state index contributed by atoms with van der Waals surface area (Å²) in [6.45, 7) is 0. The molecule has 0 aliphatic carbocycles. The van der Waals surface area contributed by atoms with Crippen LogP contribution in [0.2, 0.25) is 0 Å². The van der Waals surface area contributed by atoms with Crippen LogP contribution in [-0.4, -0.2) is 12.0 Å². The van der Waals surface area contributed by atoms with Gasteiger partial charge in [-0.1, -0.05) is 12.1 Å². The summed E-state index contributed by atoms with van der Waals surface area (Å²) in [6.07, 6.45) is 1.65. The van der Waals surface area contributed by atoms with Gasteiger partial charge >= 0.3 is 0 Å². The smallest absolute Gasteiger partial charge is 0.125 e. The van der Waals surface area contributed by atoms with Crippen molar-refractivity contribution >= 4 is 17.2 Å². The summed E-state index contributed by atoms with van der Waals surface area (Å²) in [4.78, 5) is 5.86. The summed E-state index contributed by atoms with van der Waals surface area (Å²) in [5.74, 6) is 0.462. The summed E-state index contributed by atoms with van der Waals surface area (Å²) in [7, 11) is 1.89. The largest absolute Gasteiger partial charge is 0.384 e. The number of aromatic nitrogens is 1. The molecule has 0 saturated carbocycles. The van der Waals surface area contributed by atoms with Gasteiger partial charge in [0, 0.05) is 25.0 Å². The second-order valence-electron chi connectivity index (χ2n) is 3.63. The minimum atomic E-state index is 0.462. The Balaban J connectivity index is 2.44. The molecule has 0 amide bonds. The first kappa shape index (κ1) is 11.0. The van der Waals surface area contributed by atoms with Crippen LogP contribution < -0.4 is 10.6 Å². The van der Waals surface area contributed by atoms with Crippen LogP contribution in [0, 0.1) is 11.3 Å². The molecular weight excluding hydrogens is 212 g/mol. The van der Waals surface area contributed by atoms with E-state index in [0.29, 0.717) is 11.4 Å². The first-order valence-electron chi connectivity index (χ1n) is 5.17. The summed E-state index contributed by atoms with van der Waals surface area (Å²) in [6, 6.07) is 13.2. The van der Waals surface area contributed by atoms with E-state index in [1.54, 1.807) is 18.3 Å². The van der Waals surface area contributed by atoms with E-state index in [-0.39, 0.29) is 0 Å². The number of pyridine rings is 1. The molecule has 4 nitrogen and oxygen atoms in total. The Morgan fingerprint density at radius 3 is 2.76 bits per heavy atom. The molecule has 17 heavy (non-hydrogen) atoms. The lowest BCUT2D eigenvalue weighted by molar-refractivity contribution is 1.18. The second kappa shape index (κ2) is 4.54. The Hall–Kier alpha value is -2.54. The first-order chi connectivity index (χ1) is 8.22. The Labute approximate surface area is 99.9 Å². The predicted molar refractivity (Wildman–Crippen MR) is 67.9 cm³/mol. The molecule has 0 aliphatic rings. The maximum absolute atomic E-state index is 9.06. The van der Waals surface area contributed by atoms with Crippen molar-refractivity contribution in [2.75, 3.05) is 17.7 Å². The van der Waals surface area contributed by atoms with Crippen molar-refractivity contribution in [1.82, 2.24) is 4.98 Å². The number of nitrogens with two attached hydrogens (primary N) is 1. The van der Waals surface area contributed by atoms with Crippen LogP contribution in [-0.2, 0) is 0 Å². The van der Waals surface area contributed by atoms with E-state index < -0.39 is 0 Å². The van der Waals surface area contributed by atoms with Gasteiger partial charge in [0.05, 0.1) is 11.3 Å². The number of nitrogen functional groups attached to an aromatic ring is 1. The Morgan fingerprint density at radius 2 is 2.06 bits per heavy atom. The van der Waals surface area contributed by atoms with E-state index in [1.165, 1.54) is 0 Å². The number of hydrogen-bond donors (Lipinski definition) is 1. The number of benzene rings is 1. The number of nitrogens with zero attached hydrogens (tertiary/aromatic N) is 3. The van der Waals surface area contributed by atoms with E-state index in [1.807, 2.05) is 36.2 Å². The molecule has 0 bridgehead atoms. The van der Waals surface area contributed by atoms with Gasteiger partial charge in [0.15, 0.2) is 0 Å². The summed E-state index contributed by atoms with van der Waals surface area (Å²) in [5, 5.41) is 9.06. The van der Waals surface area contributed by atoms with Gasteiger partial charge in [0.2, 0.25) is 0 Å². The molecule has 0 aliphatic heterocycles. The minimum absolute atomic E-state index is 0.462. The van der Waals surface area contributed by atoms with E-state index in [9.17, 15) is 0 Å². The predicted octanol–water partition coefficient (Wildman–Crippen LogP) is 2.30. The molecule has 0 atom stereocenters. The second-order valence-corrected chi connectivity index (χ2v) is 3.63. The fraction of sp³-hybridized carbons (Fsp3) is 0.0769. The number of anilines is 3. The molecule has 0 unspecified atom stereocenters. The van der Waals surface area contributed by atoms with Crippen LogP contribution in [0.3, 0.4) is 0 Å². The maximum Gasteiger partial charge on any atom is 0.125 e. The molecule has 4 heteroatoms. The van der Waals surface area contributed by atoms with Gasteiger partial charge in [0.25, 0.3) is 0 Å². The molecule has 2 aromatic rings. The van der Waals surface area contributed by atoms with Crippen molar-refractivity contribution < 1.29 is 0 Å². The lowest BCUT2D eigenvalue weighted by atomic mass is 10.1. The third-order valence-electron chi connectivity index (χ3n) is 2.54. The van der Waals surface area contributed by atoms with Crippen LogP contribution in [0.25, 0.3) is 0 Å². The minimum Gasteiger partial charge on any atom is -0.384 e. The quantitative estimate of drug-likeness (QED) is 0.850. The van der Waals surface area contributed by atoms with E-state index in [4.69, 9.17) is 11.0 Å². The van der Waals surface area contributed by atoms with Gasteiger partial charge in [-0.3, -0.25) is 0 Å². The monoisotopic (exact) mass is 224 g/mol. The Morgan fingerprint density at radius 1 is 1.29 bits per heavy atom. The fourth-order valence-electron chi connectivity index (χ4n) is 1.64. The lowest BCUT2D eigenvalue weighted by Crippen LogP contribution is -2.11. The Bertz CT molecular complexity index is 572. The van der Waals surface area contributed by atoms with Gasteiger partial charge in [0.1, 0.15) is 11.9 Å². The van der Waals surface area contributed by atoms with Crippen molar-refractivity contribution in [2.24, 2.45) is 0 Å². The zero-order chi connectivity index (χ0) is 12.3. The van der Waals surface area contributed by atoms with Gasteiger partial charge in [-0.25, -0.2) is 4.98 Å². The highest BCUT2D eigenvalue weighted by atomic mass is 15.1. The zero-order valence-corrected chi connectivity index (χ0v) is 9.46. The number of para-hydroxylation sites is 1. The molecule has 0 radical (unpaired) electrons. The summed E-state index contributed by atoms with van der Waals surface area (Å²) < 4.78 is 0. The van der Waals surface area contributed by atoms with E-state index in [2.05, 4.69) is 11.1 Å². The highest BCUT2D eigenvalue weighted by Crippen LogP contribution is 2.26.